The first-order valence-corrected chi connectivity index (χ1v) is 12.4. The summed E-state index contributed by atoms with van der Waals surface area (Å²) in [5, 5.41) is 6.99. The van der Waals surface area contributed by atoms with Crippen LogP contribution in [-0.4, -0.2) is 57.7 Å². The molecule has 0 aliphatic carbocycles. The van der Waals surface area contributed by atoms with Crippen LogP contribution in [-0.2, 0) is 13.1 Å². The second kappa shape index (κ2) is 13.8. The average Bonchev–Trinajstić information content (AvgIpc) is 3.34. The van der Waals surface area contributed by atoms with Crippen LogP contribution in [0.3, 0.4) is 0 Å². The number of guanidine groups is 1. The van der Waals surface area contributed by atoms with E-state index in [9.17, 15) is 0 Å². The lowest BCUT2D eigenvalue weighted by atomic mass is 10.1. The van der Waals surface area contributed by atoms with Crippen LogP contribution in [0, 0.1) is 5.92 Å². The Morgan fingerprint density at radius 2 is 1.71 bits per heavy atom. The van der Waals surface area contributed by atoms with Gasteiger partial charge in [0, 0.05) is 39.8 Å². The molecule has 0 saturated carbocycles. The SMILES string of the molecule is CN=C(NCc1ccc(CN2CCCCC2)cc1)NCC1CCN(c2ccccc2OC)C1.I. The van der Waals surface area contributed by atoms with Crippen molar-refractivity contribution in [3.8, 4) is 5.75 Å². The summed E-state index contributed by atoms with van der Waals surface area (Å²) in [7, 11) is 3.58. The van der Waals surface area contributed by atoms with Gasteiger partial charge >= 0.3 is 0 Å². The summed E-state index contributed by atoms with van der Waals surface area (Å²) >= 11 is 0. The van der Waals surface area contributed by atoms with E-state index in [1.165, 1.54) is 55.6 Å². The maximum absolute atomic E-state index is 5.54. The third-order valence-electron chi connectivity index (χ3n) is 6.83. The fraction of sp³-hybridized carbons (Fsp3) is 0.519. The van der Waals surface area contributed by atoms with Crippen LogP contribution < -0.4 is 20.3 Å². The van der Waals surface area contributed by atoms with Crippen molar-refractivity contribution >= 4 is 35.6 Å². The molecule has 6 nitrogen and oxygen atoms in total. The Hall–Kier alpha value is -2.00. The van der Waals surface area contributed by atoms with Crippen molar-refractivity contribution in [2.45, 2.75) is 38.8 Å². The zero-order valence-corrected chi connectivity index (χ0v) is 23.0. The van der Waals surface area contributed by atoms with Crippen molar-refractivity contribution in [2.75, 3.05) is 51.8 Å². The fourth-order valence-electron chi connectivity index (χ4n) is 4.89. The Kier molecular flexibility index (Phi) is 10.8. The van der Waals surface area contributed by atoms with Gasteiger partial charge in [-0.3, -0.25) is 9.89 Å². The first-order chi connectivity index (χ1) is 16.2. The summed E-state index contributed by atoms with van der Waals surface area (Å²) in [6.45, 7) is 7.34. The molecule has 2 aromatic carbocycles. The number of halogens is 1. The number of ether oxygens (including phenoxy) is 1. The quantitative estimate of drug-likeness (QED) is 0.275. The van der Waals surface area contributed by atoms with E-state index in [1.807, 2.05) is 19.2 Å². The number of nitrogens with one attached hydrogen (secondary N) is 2. The molecule has 186 valence electrons. The third-order valence-corrected chi connectivity index (χ3v) is 6.83. The third kappa shape index (κ3) is 7.50. The number of likely N-dealkylation sites (tertiary alicyclic amines) is 1. The molecule has 2 fully saturated rings. The second-order valence-electron chi connectivity index (χ2n) is 9.23. The summed E-state index contributed by atoms with van der Waals surface area (Å²) in [5.41, 5.74) is 3.88. The number of aliphatic imine (C=N–C) groups is 1. The number of hydrogen-bond acceptors (Lipinski definition) is 4. The van der Waals surface area contributed by atoms with Crippen LogP contribution in [0.1, 0.15) is 36.8 Å². The van der Waals surface area contributed by atoms with E-state index in [-0.39, 0.29) is 24.0 Å². The van der Waals surface area contributed by atoms with Crippen molar-refractivity contribution in [2.24, 2.45) is 10.9 Å². The van der Waals surface area contributed by atoms with Crippen LogP contribution in [0.15, 0.2) is 53.5 Å². The predicted octanol–water partition coefficient (Wildman–Crippen LogP) is 4.49. The Morgan fingerprint density at radius 3 is 2.44 bits per heavy atom. The van der Waals surface area contributed by atoms with Crippen LogP contribution in [0.25, 0.3) is 0 Å². The molecule has 4 rings (SSSR count). The molecule has 0 bridgehead atoms. The number of hydrogen-bond donors (Lipinski definition) is 2. The summed E-state index contributed by atoms with van der Waals surface area (Å²) < 4.78 is 5.54. The molecule has 2 N–H and O–H groups in total. The number of para-hydroxylation sites is 2. The van der Waals surface area contributed by atoms with Crippen LogP contribution in [0.4, 0.5) is 5.69 Å². The van der Waals surface area contributed by atoms with Gasteiger partial charge in [0.1, 0.15) is 5.75 Å². The molecule has 0 amide bonds. The van der Waals surface area contributed by atoms with Crippen molar-refractivity contribution in [1.82, 2.24) is 15.5 Å². The molecule has 0 radical (unpaired) electrons. The standard InChI is InChI=1S/C27H39N5O.HI/c1-28-27(29-18-22-10-12-23(13-11-22)20-31-15-6-3-7-16-31)30-19-24-14-17-32(21-24)25-8-4-5-9-26(25)33-2;/h4-5,8-13,24H,3,6-7,14-21H2,1-2H3,(H2,28,29,30);1H. The molecule has 1 unspecified atom stereocenters. The molecular weight excluding hydrogens is 537 g/mol. The van der Waals surface area contributed by atoms with Gasteiger partial charge in [0.15, 0.2) is 5.96 Å². The molecule has 2 heterocycles. The van der Waals surface area contributed by atoms with Gasteiger partial charge in [-0.2, -0.15) is 0 Å². The Bertz CT molecular complexity index is 898. The Morgan fingerprint density at radius 1 is 0.971 bits per heavy atom. The lowest BCUT2D eigenvalue weighted by Gasteiger charge is -2.26. The topological polar surface area (TPSA) is 52.1 Å². The highest BCUT2D eigenvalue weighted by molar-refractivity contribution is 14.0. The summed E-state index contributed by atoms with van der Waals surface area (Å²) in [6, 6.07) is 17.3. The summed E-state index contributed by atoms with van der Waals surface area (Å²) in [6.07, 6.45) is 5.23. The molecule has 1 atom stereocenters. The highest BCUT2D eigenvalue weighted by Crippen LogP contribution is 2.31. The number of anilines is 1. The fourth-order valence-corrected chi connectivity index (χ4v) is 4.89. The van der Waals surface area contributed by atoms with E-state index in [4.69, 9.17) is 4.74 Å². The van der Waals surface area contributed by atoms with Gasteiger partial charge in [0.2, 0.25) is 0 Å². The number of methoxy groups -OCH3 is 1. The summed E-state index contributed by atoms with van der Waals surface area (Å²) in [5.74, 6) is 2.40. The Balaban J connectivity index is 0.00000324. The minimum atomic E-state index is 0. The van der Waals surface area contributed by atoms with E-state index in [0.29, 0.717) is 5.92 Å². The molecule has 2 aliphatic rings. The van der Waals surface area contributed by atoms with E-state index < -0.39 is 0 Å². The van der Waals surface area contributed by atoms with Gasteiger partial charge in [-0.05, 0) is 61.5 Å². The maximum Gasteiger partial charge on any atom is 0.191 e. The molecule has 2 aliphatic heterocycles. The lowest BCUT2D eigenvalue weighted by Crippen LogP contribution is -2.40. The zero-order valence-electron chi connectivity index (χ0n) is 20.6. The predicted molar refractivity (Wildman–Crippen MR) is 153 cm³/mol. The van der Waals surface area contributed by atoms with Gasteiger partial charge in [-0.1, -0.05) is 42.8 Å². The molecule has 34 heavy (non-hydrogen) atoms. The van der Waals surface area contributed by atoms with Crippen molar-refractivity contribution in [3.63, 3.8) is 0 Å². The molecule has 0 aromatic heterocycles. The average molecular weight is 578 g/mol. The highest BCUT2D eigenvalue weighted by Gasteiger charge is 2.24. The van der Waals surface area contributed by atoms with Gasteiger partial charge in [0.25, 0.3) is 0 Å². The van der Waals surface area contributed by atoms with Crippen molar-refractivity contribution in [1.29, 1.82) is 0 Å². The molecule has 2 aromatic rings. The van der Waals surface area contributed by atoms with E-state index in [2.05, 4.69) is 61.8 Å². The normalized spacial score (nSPS) is 18.9. The first-order valence-electron chi connectivity index (χ1n) is 12.4. The van der Waals surface area contributed by atoms with Gasteiger partial charge in [0.05, 0.1) is 12.8 Å². The van der Waals surface area contributed by atoms with Crippen LogP contribution in [0.2, 0.25) is 0 Å². The van der Waals surface area contributed by atoms with Gasteiger partial charge < -0.3 is 20.3 Å². The maximum atomic E-state index is 5.54. The number of rotatable bonds is 8. The first kappa shape index (κ1) is 26.6. The van der Waals surface area contributed by atoms with Crippen LogP contribution in [0.5, 0.6) is 5.75 Å². The van der Waals surface area contributed by atoms with E-state index in [1.54, 1.807) is 7.11 Å². The van der Waals surface area contributed by atoms with Crippen molar-refractivity contribution < 1.29 is 4.74 Å². The molecule has 2 saturated heterocycles. The lowest BCUT2D eigenvalue weighted by molar-refractivity contribution is 0.221. The molecular formula is C27H40IN5O. The van der Waals surface area contributed by atoms with Gasteiger partial charge in [-0.15, -0.1) is 24.0 Å². The number of nitrogens with zero attached hydrogens (tertiary/aromatic N) is 3. The highest BCUT2D eigenvalue weighted by atomic mass is 127. The van der Waals surface area contributed by atoms with E-state index >= 15 is 0 Å². The molecule has 7 heteroatoms. The Labute approximate surface area is 222 Å². The number of piperidine rings is 1. The molecule has 0 spiro atoms. The minimum Gasteiger partial charge on any atom is -0.495 e. The number of benzene rings is 2. The zero-order chi connectivity index (χ0) is 22.9. The second-order valence-corrected chi connectivity index (χ2v) is 9.23. The summed E-state index contributed by atoms with van der Waals surface area (Å²) in [4.78, 5) is 9.41. The van der Waals surface area contributed by atoms with E-state index in [0.717, 1.165) is 44.4 Å². The smallest absolute Gasteiger partial charge is 0.191 e. The van der Waals surface area contributed by atoms with Gasteiger partial charge in [-0.25, -0.2) is 0 Å². The monoisotopic (exact) mass is 577 g/mol. The minimum absolute atomic E-state index is 0. The van der Waals surface area contributed by atoms with Crippen LogP contribution >= 0.6 is 24.0 Å². The van der Waals surface area contributed by atoms with Crippen molar-refractivity contribution in [3.05, 3.63) is 59.7 Å². The largest absolute Gasteiger partial charge is 0.495 e.